The van der Waals surface area contributed by atoms with E-state index < -0.39 is 6.04 Å². The summed E-state index contributed by atoms with van der Waals surface area (Å²) in [5.74, 6) is 0.317. The van der Waals surface area contributed by atoms with Crippen LogP contribution in [0.3, 0.4) is 0 Å². The molecule has 0 bridgehead atoms. The van der Waals surface area contributed by atoms with Gasteiger partial charge in [0.05, 0.1) is 6.04 Å². The highest BCUT2D eigenvalue weighted by molar-refractivity contribution is 5.97. The quantitative estimate of drug-likeness (QED) is 0.715. The molecule has 0 amide bonds. The van der Waals surface area contributed by atoms with E-state index in [4.69, 9.17) is 5.73 Å². The van der Waals surface area contributed by atoms with Gasteiger partial charge in [-0.2, -0.15) is 0 Å². The van der Waals surface area contributed by atoms with Crippen LogP contribution in [0.5, 0.6) is 0 Å². The van der Waals surface area contributed by atoms with Crippen molar-refractivity contribution in [1.82, 2.24) is 9.55 Å². The van der Waals surface area contributed by atoms with Gasteiger partial charge in [0.25, 0.3) is 0 Å². The van der Waals surface area contributed by atoms with Gasteiger partial charge in [-0.1, -0.05) is 20.8 Å². The van der Waals surface area contributed by atoms with Crippen molar-refractivity contribution < 1.29 is 4.79 Å². The molecule has 0 saturated carbocycles. The lowest BCUT2D eigenvalue weighted by Crippen LogP contribution is -2.43. The maximum absolute atomic E-state index is 11.9. The fourth-order valence-corrected chi connectivity index (χ4v) is 1.14. The van der Waals surface area contributed by atoms with Crippen LogP contribution in [-0.2, 0) is 7.05 Å². The summed E-state index contributed by atoms with van der Waals surface area (Å²) in [6, 6.07) is -0.511. The molecule has 1 heterocycles. The summed E-state index contributed by atoms with van der Waals surface area (Å²) in [5, 5.41) is 0. The van der Waals surface area contributed by atoms with Gasteiger partial charge in [0, 0.05) is 19.4 Å². The molecule has 1 aromatic heterocycles. The molecule has 0 aliphatic heterocycles. The van der Waals surface area contributed by atoms with E-state index in [0.29, 0.717) is 5.82 Å². The number of ketones is 1. The van der Waals surface area contributed by atoms with Crippen LogP contribution >= 0.6 is 0 Å². The minimum absolute atomic E-state index is 0.106. The number of hydrogen-bond acceptors (Lipinski definition) is 3. The first-order valence-corrected chi connectivity index (χ1v) is 4.61. The first kappa shape index (κ1) is 10.9. The molecule has 0 saturated heterocycles. The van der Waals surface area contributed by atoms with Gasteiger partial charge in [-0.05, 0) is 5.41 Å². The largest absolute Gasteiger partial charge is 0.332 e. The summed E-state index contributed by atoms with van der Waals surface area (Å²) >= 11 is 0. The van der Waals surface area contributed by atoms with Crippen molar-refractivity contribution in [1.29, 1.82) is 0 Å². The third-order valence-electron chi connectivity index (χ3n) is 2.26. The first-order valence-electron chi connectivity index (χ1n) is 4.61. The summed E-state index contributed by atoms with van der Waals surface area (Å²) in [6.45, 7) is 5.83. The molecule has 0 fully saturated rings. The number of hydrogen-bond donors (Lipinski definition) is 1. The summed E-state index contributed by atoms with van der Waals surface area (Å²) in [7, 11) is 1.79. The molecule has 0 aliphatic rings. The topological polar surface area (TPSA) is 60.9 Å². The molecular formula is C10H17N3O. The monoisotopic (exact) mass is 195 g/mol. The number of carbonyl (C=O) groups is 1. The van der Waals surface area contributed by atoms with Gasteiger partial charge in [0.2, 0.25) is 5.78 Å². The smallest absolute Gasteiger partial charge is 0.215 e. The Morgan fingerprint density at radius 2 is 2.14 bits per heavy atom. The van der Waals surface area contributed by atoms with Gasteiger partial charge in [-0.25, -0.2) is 4.98 Å². The minimum Gasteiger partial charge on any atom is -0.332 e. The van der Waals surface area contributed by atoms with Crippen LogP contribution in [0, 0.1) is 5.41 Å². The van der Waals surface area contributed by atoms with Crippen LogP contribution in [0.2, 0.25) is 0 Å². The molecule has 4 nitrogen and oxygen atoms in total. The van der Waals surface area contributed by atoms with E-state index in [2.05, 4.69) is 4.98 Å². The van der Waals surface area contributed by atoms with Crippen molar-refractivity contribution >= 4 is 5.78 Å². The Morgan fingerprint density at radius 3 is 2.50 bits per heavy atom. The minimum atomic E-state index is -0.511. The third-order valence-corrected chi connectivity index (χ3v) is 2.26. The van der Waals surface area contributed by atoms with E-state index in [0.717, 1.165) is 0 Å². The van der Waals surface area contributed by atoms with Gasteiger partial charge in [0.15, 0.2) is 5.82 Å². The van der Waals surface area contributed by atoms with Gasteiger partial charge in [-0.3, -0.25) is 4.79 Å². The second-order valence-corrected chi connectivity index (χ2v) is 4.57. The van der Waals surface area contributed by atoms with E-state index in [1.807, 2.05) is 20.8 Å². The fourth-order valence-electron chi connectivity index (χ4n) is 1.14. The van der Waals surface area contributed by atoms with Crippen molar-refractivity contribution in [2.24, 2.45) is 18.2 Å². The summed E-state index contributed by atoms with van der Waals surface area (Å²) < 4.78 is 1.69. The molecule has 0 aliphatic carbocycles. The van der Waals surface area contributed by atoms with Crippen molar-refractivity contribution in [2.45, 2.75) is 26.8 Å². The van der Waals surface area contributed by atoms with Crippen LogP contribution < -0.4 is 5.73 Å². The lowest BCUT2D eigenvalue weighted by atomic mass is 9.84. The SMILES string of the molecule is Cn1ccnc1C(=O)C(N)C(C)(C)C. The number of carbonyl (C=O) groups excluding carboxylic acids is 1. The molecule has 1 unspecified atom stereocenters. The normalized spacial score (nSPS) is 14.1. The van der Waals surface area contributed by atoms with Crippen LogP contribution in [0.1, 0.15) is 31.4 Å². The zero-order valence-electron chi connectivity index (χ0n) is 9.11. The van der Waals surface area contributed by atoms with Crippen molar-refractivity contribution in [3.63, 3.8) is 0 Å². The first-order chi connectivity index (χ1) is 6.34. The maximum atomic E-state index is 11.9. The molecule has 1 rings (SSSR count). The zero-order valence-corrected chi connectivity index (χ0v) is 9.11. The molecule has 1 aromatic rings. The average Bonchev–Trinajstić information content (AvgIpc) is 2.47. The van der Waals surface area contributed by atoms with Gasteiger partial charge < -0.3 is 10.3 Å². The molecule has 2 N–H and O–H groups in total. The molecule has 14 heavy (non-hydrogen) atoms. The van der Waals surface area contributed by atoms with E-state index >= 15 is 0 Å². The number of imidazole rings is 1. The molecule has 78 valence electrons. The molecule has 1 atom stereocenters. The molecule has 0 radical (unpaired) electrons. The number of nitrogens with zero attached hydrogens (tertiary/aromatic N) is 2. The lowest BCUT2D eigenvalue weighted by Gasteiger charge is -2.25. The number of aryl methyl sites for hydroxylation is 1. The standard InChI is InChI=1S/C10H17N3O/c1-10(2,3)8(11)7(14)9-12-5-6-13(9)4/h5-6,8H,11H2,1-4H3. The summed E-state index contributed by atoms with van der Waals surface area (Å²) in [6.07, 6.45) is 3.34. The Hall–Kier alpha value is -1.16. The predicted molar refractivity (Wildman–Crippen MR) is 55.0 cm³/mol. The zero-order chi connectivity index (χ0) is 10.9. The molecule has 0 aromatic carbocycles. The van der Waals surface area contributed by atoms with E-state index in [9.17, 15) is 4.79 Å². The van der Waals surface area contributed by atoms with Gasteiger partial charge >= 0.3 is 0 Å². The highest BCUT2D eigenvalue weighted by atomic mass is 16.1. The maximum Gasteiger partial charge on any atom is 0.215 e. The van der Waals surface area contributed by atoms with Crippen LogP contribution in [0.25, 0.3) is 0 Å². The number of rotatable bonds is 2. The van der Waals surface area contributed by atoms with Crippen molar-refractivity contribution in [3.8, 4) is 0 Å². The van der Waals surface area contributed by atoms with E-state index in [1.54, 1.807) is 24.0 Å². The highest BCUT2D eigenvalue weighted by Gasteiger charge is 2.30. The fraction of sp³-hybridized carbons (Fsp3) is 0.600. The summed E-state index contributed by atoms with van der Waals surface area (Å²) in [5.41, 5.74) is 5.62. The second kappa shape index (κ2) is 3.53. The number of aromatic nitrogens is 2. The van der Waals surface area contributed by atoms with Gasteiger partial charge in [-0.15, -0.1) is 0 Å². The molecule has 0 spiro atoms. The highest BCUT2D eigenvalue weighted by Crippen LogP contribution is 2.19. The Kier molecular flexibility index (Phi) is 2.76. The van der Waals surface area contributed by atoms with E-state index in [-0.39, 0.29) is 11.2 Å². The van der Waals surface area contributed by atoms with E-state index in [1.165, 1.54) is 0 Å². The number of Topliss-reactive ketones (excluding diaryl/α,β-unsaturated/α-hetero) is 1. The average molecular weight is 195 g/mol. The molecule has 4 heteroatoms. The predicted octanol–water partition coefficient (Wildman–Crippen LogP) is 0.976. The Morgan fingerprint density at radius 1 is 1.57 bits per heavy atom. The summed E-state index contributed by atoms with van der Waals surface area (Å²) in [4.78, 5) is 15.8. The Labute approximate surface area is 84.1 Å². The lowest BCUT2D eigenvalue weighted by molar-refractivity contribution is 0.0887. The second-order valence-electron chi connectivity index (χ2n) is 4.57. The number of nitrogens with two attached hydrogens (primary N) is 1. The van der Waals surface area contributed by atoms with Crippen molar-refractivity contribution in [2.75, 3.05) is 0 Å². The Balaban J connectivity index is 2.92. The van der Waals surface area contributed by atoms with Crippen molar-refractivity contribution in [3.05, 3.63) is 18.2 Å². The van der Waals surface area contributed by atoms with Crippen LogP contribution in [0.4, 0.5) is 0 Å². The third kappa shape index (κ3) is 2.01. The van der Waals surface area contributed by atoms with Gasteiger partial charge in [0.1, 0.15) is 0 Å². The molecular weight excluding hydrogens is 178 g/mol. The van der Waals surface area contributed by atoms with Crippen LogP contribution in [0.15, 0.2) is 12.4 Å². The van der Waals surface area contributed by atoms with Crippen LogP contribution in [-0.4, -0.2) is 21.4 Å². The Bertz CT molecular complexity index is 335.